The number of hydrogen-bond donors (Lipinski definition) is 0. The van der Waals surface area contributed by atoms with Crippen molar-refractivity contribution in [3.8, 4) is 0 Å². The molecule has 1 nitrogen and oxygen atoms in total. The van der Waals surface area contributed by atoms with Gasteiger partial charge >= 0.3 is 0 Å². The van der Waals surface area contributed by atoms with Gasteiger partial charge in [0, 0.05) is 25.7 Å². The topological polar surface area (TPSA) is 17.1 Å². The van der Waals surface area contributed by atoms with Gasteiger partial charge < -0.3 is 0 Å². The minimum atomic E-state index is -2.54. The van der Waals surface area contributed by atoms with E-state index >= 15 is 0 Å². The molecular formula is C16H20F2O. The molecule has 0 aromatic heterocycles. The van der Waals surface area contributed by atoms with E-state index < -0.39 is 5.92 Å². The van der Waals surface area contributed by atoms with Gasteiger partial charge in [-0.2, -0.15) is 0 Å². The number of Topliss-reactive ketones (excluding diaryl/α,β-unsaturated/α-hetero) is 1. The first-order valence-electron chi connectivity index (χ1n) is 6.90. The van der Waals surface area contributed by atoms with Crippen molar-refractivity contribution in [2.75, 3.05) is 0 Å². The van der Waals surface area contributed by atoms with Crippen LogP contribution in [0.5, 0.6) is 0 Å². The second-order valence-electron chi connectivity index (χ2n) is 5.70. The van der Waals surface area contributed by atoms with Gasteiger partial charge in [-0.25, -0.2) is 8.78 Å². The molecule has 0 N–H and O–H groups in total. The van der Waals surface area contributed by atoms with Gasteiger partial charge in [-0.3, -0.25) is 4.79 Å². The standard InChI is InChI=1S/C16H20F2O/c1-12-3-2-4-13(9-12)5-6-15(19)10-14-7-8-16(17,18)11-14/h2-4,9,14H,5-8,10-11H2,1H3. The van der Waals surface area contributed by atoms with Crippen LogP contribution >= 0.6 is 0 Å². The van der Waals surface area contributed by atoms with Crippen LogP contribution in [-0.2, 0) is 11.2 Å². The SMILES string of the molecule is Cc1cccc(CCC(=O)CC2CCC(F)(F)C2)c1. The van der Waals surface area contributed by atoms with Crippen molar-refractivity contribution in [2.24, 2.45) is 5.92 Å². The second-order valence-corrected chi connectivity index (χ2v) is 5.70. The third kappa shape index (κ3) is 4.41. The number of aryl methyl sites for hydroxylation is 2. The minimum absolute atomic E-state index is 0.0528. The molecule has 1 fully saturated rings. The third-order valence-corrected chi connectivity index (χ3v) is 3.80. The van der Waals surface area contributed by atoms with E-state index in [0.29, 0.717) is 25.7 Å². The fourth-order valence-corrected chi connectivity index (χ4v) is 2.79. The summed E-state index contributed by atoms with van der Waals surface area (Å²) in [5.41, 5.74) is 2.32. The number of alkyl halides is 2. The number of carbonyl (C=O) groups is 1. The molecule has 3 heteroatoms. The lowest BCUT2D eigenvalue weighted by Crippen LogP contribution is -2.12. The molecule has 2 rings (SSSR count). The van der Waals surface area contributed by atoms with Gasteiger partial charge in [0.2, 0.25) is 5.92 Å². The molecule has 1 unspecified atom stereocenters. The Balaban J connectivity index is 1.76. The van der Waals surface area contributed by atoms with Gasteiger partial charge in [-0.05, 0) is 31.2 Å². The van der Waals surface area contributed by atoms with E-state index in [0.717, 1.165) is 5.56 Å². The van der Waals surface area contributed by atoms with E-state index in [2.05, 4.69) is 6.07 Å². The van der Waals surface area contributed by atoms with Crippen LogP contribution in [-0.4, -0.2) is 11.7 Å². The molecule has 0 spiro atoms. The molecular weight excluding hydrogens is 246 g/mol. The summed E-state index contributed by atoms with van der Waals surface area (Å²) in [5, 5.41) is 0. The van der Waals surface area contributed by atoms with E-state index in [4.69, 9.17) is 0 Å². The lowest BCUT2D eigenvalue weighted by atomic mass is 9.97. The fourth-order valence-electron chi connectivity index (χ4n) is 2.79. The van der Waals surface area contributed by atoms with Crippen LogP contribution in [0.1, 0.15) is 43.2 Å². The molecule has 1 atom stereocenters. The zero-order valence-corrected chi connectivity index (χ0v) is 11.3. The van der Waals surface area contributed by atoms with Crippen LogP contribution in [0, 0.1) is 12.8 Å². The van der Waals surface area contributed by atoms with Crippen LogP contribution in [0.3, 0.4) is 0 Å². The third-order valence-electron chi connectivity index (χ3n) is 3.80. The molecule has 19 heavy (non-hydrogen) atoms. The smallest absolute Gasteiger partial charge is 0.248 e. The van der Waals surface area contributed by atoms with Crippen molar-refractivity contribution in [3.05, 3.63) is 35.4 Å². The summed E-state index contributed by atoms with van der Waals surface area (Å²) in [6, 6.07) is 8.07. The summed E-state index contributed by atoms with van der Waals surface area (Å²) in [7, 11) is 0. The molecule has 0 amide bonds. The maximum Gasteiger partial charge on any atom is 0.248 e. The van der Waals surface area contributed by atoms with Gasteiger partial charge in [0.1, 0.15) is 5.78 Å². The number of carbonyl (C=O) groups excluding carboxylic acids is 1. The van der Waals surface area contributed by atoms with Gasteiger partial charge in [0.05, 0.1) is 0 Å². The first-order chi connectivity index (χ1) is 8.94. The summed E-state index contributed by atoms with van der Waals surface area (Å²) in [5.74, 6) is -2.54. The van der Waals surface area contributed by atoms with Gasteiger partial charge in [0.15, 0.2) is 0 Å². The fraction of sp³-hybridized carbons (Fsp3) is 0.562. The van der Waals surface area contributed by atoms with E-state index in [-0.39, 0.29) is 24.5 Å². The summed E-state index contributed by atoms with van der Waals surface area (Å²) in [6.45, 7) is 2.02. The predicted molar refractivity (Wildman–Crippen MR) is 71.4 cm³/mol. The number of ketones is 1. The predicted octanol–water partition coefficient (Wildman–Crippen LogP) is 4.32. The second kappa shape index (κ2) is 5.81. The highest BCUT2D eigenvalue weighted by Crippen LogP contribution is 2.40. The van der Waals surface area contributed by atoms with E-state index in [1.54, 1.807) is 0 Å². The maximum atomic E-state index is 13.0. The lowest BCUT2D eigenvalue weighted by molar-refractivity contribution is -0.120. The quantitative estimate of drug-likeness (QED) is 0.775. The van der Waals surface area contributed by atoms with Crippen molar-refractivity contribution in [1.29, 1.82) is 0 Å². The van der Waals surface area contributed by atoms with Crippen molar-refractivity contribution < 1.29 is 13.6 Å². The maximum absolute atomic E-state index is 13.0. The van der Waals surface area contributed by atoms with Crippen LogP contribution in [0.15, 0.2) is 24.3 Å². The highest BCUT2D eigenvalue weighted by atomic mass is 19.3. The molecule has 1 saturated carbocycles. The Labute approximate surface area is 113 Å². The highest BCUT2D eigenvalue weighted by Gasteiger charge is 2.39. The average molecular weight is 266 g/mol. The van der Waals surface area contributed by atoms with E-state index in [9.17, 15) is 13.6 Å². The first kappa shape index (κ1) is 14.2. The van der Waals surface area contributed by atoms with Crippen molar-refractivity contribution in [1.82, 2.24) is 0 Å². The molecule has 0 aliphatic heterocycles. The summed E-state index contributed by atoms with van der Waals surface area (Å²) in [4.78, 5) is 11.8. The van der Waals surface area contributed by atoms with Crippen LogP contribution in [0.25, 0.3) is 0 Å². The largest absolute Gasteiger partial charge is 0.300 e. The molecule has 0 heterocycles. The average Bonchev–Trinajstić information content (AvgIpc) is 2.66. The Morgan fingerprint density at radius 2 is 2.21 bits per heavy atom. The minimum Gasteiger partial charge on any atom is -0.300 e. The monoisotopic (exact) mass is 266 g/mol. The Morgan fingerprint density at radius 3 is 2.84 bits per heavy atom. The molecule has 0 saturated heterocycles. The molecule has 0 radical (unpaired) electrons. The molecule has 1 aliphatic carbocycles. The Hall–Kier alpha value is -1.25. The normalized spacial score (nSPS) is 21.5. The molecule has 104 valence electrons. The van der Waals surface area contributed by atoms with Gasteiger partial charge in [-0.15, -0.1) is 0 Å². The van der Waals surface area contributed by atoms with Crippen molar-refractivity contribution in [3.63, 3.8) is 0 Å². The van der Waals surface area contributed by atoms with Crippen molar-refractivity contribution in [2.45, 2.75) is 51.4 Å². The number of rotatable bonds is 5. The number of hydrogen-bond acceptors (Lipinski definition) is 1. The van der Waals surface area contributed by atoms with Gasteiger partial charge in [0.25, 0.3) is 0 Å². The molecule has 1 aromatic rings. The molecule has 1 aliphatic rings. The van der Waals surface area contributed by atoms with E-state index in [1.807, 2.05) is 25.1 Å². The Kier molecular flexibility index (Phi) is 4.33. The first-order valence-corrected chi connectivity index (χ1v) is 6.90. The van der Waals surface area contributed by atoms with Crippen LogP contribution < -0.4 is 0 Å². The zero-order chi connectivity index (χ0) is 13.9. The van der Waals surface area contributed by atoms with Gasteiger partial charge in [-0.1, -0.05) is 29.8 Å². The van der Waals surface area contributed by atoms with Crippen molar-refractivity contribution >= 4 is 5.78 Å². The van der Waals surface area contributed by atoms with E-state index in [1.165, 1.54) is 5.56 Å². The molecule has 0 bridgehead atoms. The van der Waals surface area contributed by atoms with Crippen LogP contribution in [0.2, 0.25) is 0 Å². The number of benzene rings is 1. The Bertz CT molecular complexity index is 454. The summed E-state index contributed by atoms with van der Waals surface area (Å²) >= 11 is 0. The Morgan fingerprint density at radius 1 is 1.42 bits per heavy atom. The highest BCUT2D eigenvalue weighted by molar-refractivity contribution is 5.78. The zero-order valence-electron chi connectivity index (χ0n) is 11.3. The summed E-state index contributed by atoms with van der Waals surface area (Å²) < 4.78 is 26.1. The number of halogens is 2. The lowest BCUT2D eigenvalue weighted by Gasteiger charge is -2.09. The summed E-state index contributed by atoms with van der Waals surface area (Å²) in [6.07, 6.45) is 1.83. The molecule has 1 aromatic carbocycles. The van der Waals surface area contributed by atoms with Crippen LogP contribution in [0.4, 0.5) is 8.78 Å².